The molecule has 8 heteroatoms. The summed E-state index contributed by atoms with van der Waals surface area (Å²) in [6.07, 6.45) is 3.08. The number of nitrogens with zero attached hydrogens (tertiary/aromatic N) is 3. The lowest BCUT2D eigenvalue weighted by Crippen LogP contribution is -2.40. The number of hydrogen-bond acceptors (Lipinski definition) is 4. The highest BCUT2D eigenvalue weighted by atomic mass is 19.1. The number of nitrogens with one attached hydrogen (secondary N) is 2. The maximum absolute atomic E-state index is 13.7. The molecule has 1 aromatic carbocycles. The van der Waals surface area contributed by atoms with Crippen LogP contribution < -0.4 is 10.6 Å². The van der Waals surface area contributed by atoms with Crippen LogP contribution in [-0.4, -0.2) is 26.0 Å². The van der Waals surface area contributed by atoms with Gasteiger partial charge in [-0.1, -0.05) is 0 Å². The molecule has 0 fully saturated rings. The molecule has 6 nitrogen and oxygen atoms in total. The Bertz CT molecular complexity index is 962. The molecule has 0 atom stereocenters. The van der Waals surface area contributed by atoms with Crippen molar-refractivity contribution in [2.45, 2.75) is 32.9 Å². The molecule has 0 aliphatic heterocycles. The summed E-state index contributed by atoms with van der Waals surface area (Å²) in [5, 5.41) is 9.91. The number of anilines is 1. The Morgan fingerprint density at radius 2 is 2.00 bits per heavy atom. The molecule has 0 bridgehead atoms. The fraction of sp³-hybridized carbons (Fsp3) is 0.278. The molecule has 2 heterocycles. The number of fused-ring (bicyclic) bond motifs is 1. The van der Waals surface area contributed by atoms with E-state index in [1.807, 2.05) is 20.8 Å². The van der Waals surface area contributed by atoms with Gasteiger partial charge in [-0.15, -0.1) is 0 Å². The van der Waals surface area contributed by atoms with Crippen molar-refractivity contribution in [3.63, 3.8) is 0 Å². The van der Waals surface area contributed by atoms with E-state index in [1.54, 1.807) is 12.3 Å². The van der Waals surface area contributed by atoms with Crippen LogP contribution in [0.2, 0.25) is 0 Å². The molecule has 0 radical (unpaired) electrons. The number of aromatic nitrogens is 3. The van der Waals surface area contributed by atoms with E-state index in [9.17, 15) is 13.6 Å². The molecule has 2 N–H and O–H groups in total. The molecule has 136 valence electrons. The molecule has 2 aromatic heterocycles. The second kappa shape index (κ2) is 6.70. The third-order valence-corrected chi connectivity index (χ3v) is 3.57. The van der Waals surface area contributed by atoms with Gasteiger partial charge < -0.3 is 10.6 Å². The lowest BCUT2D eigenvalue weighted by molar-refractivity contribution is 0.0921. The second-order valence-electron chi connectivity index (χ2n) is 6.93. The average Bonchev–Trinajstić information content (AvgIpc) is 2.97. The van der Waals surface area contributed by atoms with E-state index in [2.05, 4.69) is 20.7 Å². The summed E-state index contributed by atoms with van der Waals surface area (Å²) in [6, 6.07) is 4.91. The Balaban J connectivity index is 1.83. The maximum Gasteiger partial charge on any atom is 0.257 e. The highest BCUT2D eigenvalue weighted by Gasteiger charge is 2.19. The quantitative estimate of drug-likeness (QED) is 0.751. The molecule has 0 saturated carbocycles. The van der Waals surface area contributed by atoms with Gasteiger partial charge in [0.25, 0.3) is 5.91 Å². The topological polar surface area (TPSA) is 71.3 Å². The zero-order chi connectivity index (χ0) is 18.9. The first-order valence-electron chi connectivity index (χ1n) is 8.08. The van der Waals surface area contributed by atoms with Crippen molar-refractivity contribution in [3.05, 3.63) is 59.4 Å². The molecule has 0 aliphatic rings. The Hall–Kier alpha value is -3.03. The molecule has 0 unspecified atom stereocenters. The van der Waals surface area contributed by atoms with Gasteiger partial charge in [0.2, 0.25) is 0 Å². The fourth-order valence-electron chi connectivity index (χ4n) is 2.40. The van der Waals surface area contributed by atoms with Gasteiger partial charge in [-0.05, 0) is 45.0 Å². The summed E-state index contributed by atoms with van der Waals surface area (Å²) in [5.74, 6) is -0.877. The van der Waals surface area contributed by atoms with Crippen molar-refractivity contribution in [1.29, 1.82) is 0 Å². The molecule has 3 rings (SSSR count). The lowest BCUT2D eigenvalue weighted by atomic mass is 10.1. The number of amides is 1. The standard InChI is InChI=1S/C18H19F2N5O/c1-18(2,3)24-17(26)13-10-22-25-7-6-15(23-16(13)25)21-9-11-8-12(19)4-5-14(11)20/h4-8,10H,9H2,1-3H3,(H,21,23)(H,24,26). The minimum absolute atomic E-state index is 0.0599. The first-order chi connectivity index (χ1) is 12.2. The van der Waals surface area contributed by atoms with E-state index in [1.165, 1.54) is 10.7 Å². The highest BCUT2D eigenvalue weighted by molar-refractivity contribution is 6.00. The SMILES string of the molecule is CC(C)(C)NC(=O)c1cnn2ccc(NCc3cc(F)ccc3F)nc12. The summed E-state index contributed by atoms with van der Waals surface area (Å²) < 4.78 is 28.4. The van der Waals surface area contributed by atoms with Crippen LogP contribution in [0.3, 0.4) is 0 Å². The van der Waals surface area contributed by atoms with Gasteiger partial charge in [0, 0.05) is 23.8 Å². The van der Waals surface area contributed by atoms with Gasteiger partial charge in [0.05, 0.1) is 6.20 Å². The smallest absolute Gasteiger partial charge is 0.257 e. The Morgan fingerprint density at radius 3 is 2.73 bits per heavy atom. The molecule has 0 aliphatic carbocycles. The van der Waals surface area contributed by atoms with E-state index < -0.39 is 17.2 Å². The van der Waals surface area contributed by atoms with Crippen molar-refractivity contribution in [2.24, 2.45) is 0 Å². The Labute approximate surface area is 149 Å². The number of halogens is 2. The predicted octanol–water partition coefficient (Wildman–Crippen LogP) is 3.15. The maximum atomic E-state index is 13.7. The van der Waals surface area contributed by atoms with E-state index >= 15 is 0 Å². The van der Waals surface area contributed by atoms with Gasteiger partial charge in [0.1, 0.15) is 23.0 Å². The van der Waals surface area contributed by atoms with Gasteiger partial charge in [-0.3, -0.25) is 4.79 Å². The number of hydrogen-bond donors (Lipinski definition) is 2. The summed E-state index contributed by atoms with van der Waals surface area (Å²) in [4.78, 5) is 16.8. The van der Waals surface area contributed by atoms with Crippen LogP contribution in [0.1, 0.15) is 36.7 Å². The van der Waals surface area contributed by atoms with Gasteiger partial charge in [-0.2, -0.15) is 5.10 Å². The van der Waals surface area contributed by atoms with E-state index in [-0.39, 0.29) is 18.0 Å². The normalized spacial score (nSPS) is 11.6. The lowest BCUT2D eigenvalue weighted by Gasteiger charge is -2.19. The van der Waals surface area contributed by atoms with E-state index in [4.69, 9.17) is 0 Å². The Morgan fingerprint density at radius 1 is 1.23 bits per heavy atom. The zero-order valence-electron chi connectivity index (χ0n) is 14.7. The third kappa shape index (κ3) is 3.96. The average molecular weight is 359 g/mol. The number of benzene rings is 1. The minimum atomic E-state index is -0.511. The highest BCUT2D eigenvalue weighted by Crippen LogP contribution is 2.15. The van der Waals surface area contributed by atoms with Crippen LogP contribution in [0, 0.1) is 11.6 Å². The largest absolute Gasteiger partial charge is 0.366 e. The van der Waals surface area contributed by atoms with Gasteiger partial charge in [-0.25, -0.2) is 18.3 Å². The predicted molar refractivity (Wildman–Crippen MR) is 93.9 cm³/mol. The van der Waals surface area contributed by atoms with Crippen LogP contribution >= 0.6 is 0 Å². The number of carbonyl (C=O) groups is 1. The zero-order valence-corrected chi connectivity index (χ0v) is 14.7. The van der Waals surface area contributed by atoms with Gasteiger partial charge >= 0.3 is 0 Å². The molecule has 3 aromatic rings. The van der Waals surface area contributed by atoms with Crippen LogP contribution in [0.25, 0.3) is 5.65 Å². The third-order valence-electron chi connectivity index (χ3n) is 3.57. The van der Waals surface area contributed by atoms with Crippen LogP contribution in [0.4, 0.5) is 14.6 Å². The molecular weight excluding hydrogens is 340 g/mol. The Kier molecular flexibility index (Phi) is 4.58. The van der Waals surface area contributed by atoms with Crippen molar-refractivity contribution >= 4 is 17.4 Å². The summed E-state index contributed by atoms with van der Waals surface area (Å²) in [7, 11) is 0. The molecule has 0 saturated heterocycles. The van der Waals surface area contributed by atoms with Crippen molar-refractivity contribution in [1.82, 2.24) is 19.9 Å². The summed E-state index contributed by atoms with van der Waals surface area (Å²) in [6.45, 7) is 5.70. The molecular formula is C18H19F2N5O. The van der Waals surface area contributed by atoms with Crippen molar-refractivity contribution < 1.29 is 13.6 Å². The summed E-state index contributed by atoms with van der Waals surface area (Å²) >= 11 is 0. The first-order valence-corrected chi connectivity index (χ1v) is 8.08. The molecule has 26 heavy (non-hydrogen) atoms. The van der Waals surface area contributed by atoms with Crippen LogP contribution in [0.5, 0.6) is 0 Å². The van der Waals surface area contributed by atoms with Crippen molar-refractivity contribution in [2.75, 3.05) is 5.32 Å². The second-order valence-corrected chi connectivity index (χ2v) is 6.93. The van der Waals surface area contributed by atoms with E-state index in [0.717, 1.165) is 18.2 Å². The molecule has 1 amide bonds. The number of rotatable bonds is 4. The minimum Gasteiger partial charge on any atom is -0.366 e. The van der Waals surface area contributed by atoms with E-state index in [0.29, 0.717) is 17.0 Å². The van der Waals surface area contributed by atoms with Crippen LogP contribution in [0.15, 0.2) is 36.7 Å². The number of carbonyl (C=O) groups excluding carboxylic acids is 1. The first kappa shape index (κ1) is 17.8. The van der Waals surface area contributed by atoms with Crippen LogP contribution in [-0.2, 0) is 6.54 Å². The molecule has 0 spiro atoms. The summed E-state index contributed by atoms with van der Waals surface area (Å²) in [5.41, 5.74) is 0.499. The fourth-order valence-corrected chi connectivity index (χ4v) is 2.40. The van der Waals surface area contributed by atoms with Gasteiger partial charge in [0.15, 0.2) is 5.65 Å². The van der Waals surface area contributed by atoms with Crippen molar-refractivity contribution in [3.8, 4) is 0 Å². The monoisotopic (exact) mass is 359 g/mol.